The maximum absolute atomic E-state index is 12.7. The number of aliphatic hydroxyl groups is 1. The minimum atomic E-state index is -0.233. The maximum atomic E-state index is 12.7. The molecule has 0 bridgehead atoms. The van der Waals surface area contributed by atoms with Crippen molar-refractivity contribution in [3.63, 3.8) is 0 Å². The van der Waals surface area contributed by atoms with E-state index >= 15 is 0 Å². The highest BCUT2D eigenvalue weighted by Gasteiger charge is 2.35. The molecule has 1 atom stereocenters. The number of hydrogen-bond acceptors (Lipinski definition) is 3. The van der Waals surface area contributed by atoms with Crippen molar-refractivity contribution in [1.29, 1.82) is 0 Å². The zero-order valence-electron chi connectivity index (χ0n) is 15.1. The van der Waals surface area contributed by atoms with Gasteiger partial charge in [-0.25, -0.2) is 0 Å². The normalized spacial score (nSPS) is 21.4. The Kier molecular flexibility index (Phi) is 4.95. The Hall–Kier alpha value is -2.14. The van der Waals surface area contributed by atoms with Crippen molar-refractivity contribution in [2.75, 3.05) is 0 Å². The van der Waals surface area contributed by atoms with Gasteiger partial charge in [0.2, 0.25) is 0 Å². The molecule has 0 unspecified atom stereocenters. The highest BCUT2D eigenvalue weighted by atomic mass is 16.3. The number of pyridine rings is 1. The minimum absolute atomic E-state index is 0.0243. The van der Waals surface area contributed by atoms with E-state index in [1.54, 1.807) is 12.4 Å². The fourth-order valence-electron chi connectivity index (χ4n) is 3.27. The number of amides is 1. The third kappa shape index (κ3) is 4.28. The van der Waals surface area contributed by atoms with Gasteiger partial charge in [-0.3, -0.25) is 9.78 Å². The molecule has 3 rings (SSSR count). The highest BCUT2D eigenvalue weighted by Crippen LogP contribution is 2.32. The smallest absolute Gasteiger partial charge is 0.253 e. The second-order valence-corrected chi connectivity index (χ2v) is 8.00. The van der Waals surface area contributed by atoms with E-state index in [0.717, 1.165) is 24.8 Å². The number of aliphatic hydroxyl groups excluding tert-OH is 1. The van der Waals surface area contributed by atoms with Gasteiger partial charge < -0.3 is 15.0 Å². The number of carbonyl (C=O) groups is 1. The topological polar surface area (TPSA) is 67.2 Å². The number of nitrogens with zero attached hydrogens (tertiary/aromatic N) is 2. The molecule has 1 aliphatic rings. The molecule has 1 saturated carbocycles. The number of rotatable bonds is 5. The van der Waals surface area contributed by atoms with Gasteiger partial charge in [0.1, 0.15) is 0 Å². The van der Waals surface area contributed by atoms with E-state index in [2.05, 4.69) is 31.1 Å². The predicted molar refractivity (Wildman–Crippen MR) is 97.4 cm³/mol. The predicted octanol–water partition coefficient (Wildman–Crippen LogP) is 2.75. The van der Waals surface area contributed by atoms with Crippen LogP contribution in [0.15, 0.2) is 43.0 Å². The zero-order chi connectivity index (χ0) is 18.0. The molecule has 134 valence electrons. The second-order valence-electron chi connectivity index (χ2n) is 8.00. The molecule has 2 aromatic rings. The summed E-state index contributed by atoms with van der Waals surface area (Å²) < 4.78 is 2.05. The molecule has 2 heterocycles. The lowest BCUT2D eigenvalue weighted by Crippen LogP contribution is -2.48. The first-order valence-corrected chi connectivity index (χ1v) is 8.89. The van der Waals surface area contributed by atoms with Crippen LogP contribution in [0.25, 0.3) is 0 Å². The molecule has 0 radical (unpaired) electrons. The number of nitrogens with one attached hydrogen (secondary N) is 1. The second kappa shape index (κ2) is 7.00. The average molecular weight is 341 g/mol. The molecule has 0 aromatic carbocycles. The van der Waals surface area contributed by atoms with Crippen LogP contribution in [0.1, 0.15) is 49.5 Å². The Balaban J connectivity index is 1.71. The van der Waals surface area contributed by atoms with Gasteiger partial charge in [-0.2, -0.15) is 0 Å². The summed E-state index contributed by atoms with van der Waals surface area (Å²) in [6, 6.07) is 5.84. The van der Waals surface area contributed by atoms with Crippen LogP contribution in [-0.2, 0) is 12.0 Å². The monoisotopic (exact) mass is 341 g/mol. The molecule has 1 fully saturated rings. The van der Waals surface area contributed by atoms with Crippen molar-refractivity contribution in [2.24, 2.45) is 5.92 Å². The van der Waals surface area contributed by atoms with Crippen molar-refractivity contribution in [2.45, 2.75) is 57.7 Å². The van der Waals surface area contributed by atoms with Gasteiger partial charge in [-0.15, -0.1) is 0 Å². The number of aromatic nitrogens is 2. The summed E-state index contributed by atoms with van der Waals surface area (Å²) in [5, 5.41) is 12.8. The van der Waals surface area contributed by atoms with Crippen LogP contribution in [-0.4, -0.2) is 32.7 Å². The summed E-state index contributed by atoms with van der Waals surface area (Å²) >= 11 is 0. The fraction of sp³-hybridized carbons (Fsp3) is 0.500. The first-order chi connectivity index (χ1) is 11.8. The minimum Gasteiger partial charge on any atom is -0.393 e. The first-order valence-electron chi connectivity index (χ1n) is 8.89. The molecular weight excluding hydrogens is 314 g/mol. The van der Waals surface area contributed by atoms with Gasteiger partial charge in [0, 0.05) is 36.4 Å². The van der Waals surface area contributed by atoms with E-state index in [0.29, 0.717) is 11.5 Å². The van der Waals surface area contributed by atoms with Crippen molar-refractivity contribution >= 4 is 5.91 Å². The van der Waals surface area contributed by atoms with Crippen molar-refractivity contribution in [3.05, 3.63) is 54.1 Å². The van der Waals surface area contributed by atoms with Crippen LogP contribution in [0, 0.1) is 5.92 Å². The van der Waals surface area contributed by atoms with Crippen LogP contribution in [0.3, 0.4) is 0 Å². The van der Waals surface area contributed by atoms with E-state index in [1.807, 2.05) is 35.2 Å². The van der Waals surface area contributed by atoms with Crippen LogP contribution < -0.4 is 5.32 Å². The van der Waals surface area contributed by atoms with E-state index in [-0.39, 0.29) is 23.6 Å². The van der Waals surface area contributed by atoms with Crippen LogP contribution in [0.2, 0.25) is 0 Å². The first kappa shape index (κ1) is 17.7. The number of carbonyl (C=O) groups excluding carboxylic acids is 1. The van der Waals surface area contributed by atoms with Gasteiger partial charge in [-0.05, 0) is 69.7 Å². The summed E-state index contributed by atoms with van der Waals surface area (Å²) in [7, 11) is 0. The molecule has 1 amide bonds. The Morgan fingerprint density at radius 1 is 1.32 bits per heavy atom. The van der Waals surface area contributed by atoms with Gasteiger partial charge in [-0.1, -0.05) is 0 Å². The molecule has 5 nitrogen and oxygen atoms in total. The molecule has 1 aliphatic carbocycles. The summed E-state index contributed by atoms with van der Waals surface area (Å²) in [6.45, 7) is 6.32. The number of hydrogen-bond donors (Lipinski definition) is 2. The molecule has 0 aliphatic heterocycles. The Morgan fingerprint density at radius 2 is 2.00 bits per heavy atom. The Morgan fingerprint density at radius 3 is 2.56 bits per heavy atom. The summed E-state index contributed by atoms with van der Waals surface area (Å²) in [5.41, 5.74) is 1.77. The van der Waals surface area contributed by atoms with Gasteiger partial charge in [0.25, 0.3) is 5.91 Å². The lowest BCUT2D eigenvalue weighted by Gasteiger charge is -2.38. The SMILES string of the molecule is CC(C)(C)n1ccc(C(=O)N[C@@H](Cc2ccncc2)C2CC(O)C2)c1. The highest BCUT2D eigenvalue weighted by molar-refractivity contribution is 5.94. The lowest BCUT2D eigenvalue weighted by molar-refractivity contribution is 0.0239. The van der Waals surface area contributed by atoms with Crippen LogP contribution in [0.4, 0.5) is 0 Å². The average Bonchev–Trinajstić information content (AvgIpc) is 3.02. The fourth-order valence-corrected chi connectivity index (χ4v) is 3.27. The van der Waals surface area contributed by atoms with Crippen molar-refractivity contribution < 1.29 is 9.90 Å². The van der Waals surface area contributed by atoms with Gasteiger partial charge in [0.15, 0.2) is 0 Å². The van der Waals surface area contributed by atoms with E-state index in [4.69, 9.17) is 0 Å². The largest absolute Gasteiger partial charge is 0.393 e. The summed E-state index contributed by atoms with van der Waals surface area (Å²) in [4.78, 5) is 16.8. The van der Waals surface area contributed by atoms with Crippen molar-refractivity contribution in [3.8, 4) is 0 Å². The van der Waals surface area contributed by atoms with E-state index in [9.17, 15) is 9.90 Å². The van der Waals surface area contributed by atoms with Gasteiger partial charge >= 0.3 is 0 Å². The third-order valence-corrected chi connectivity index (χ3v) is 4.97. The van der Waals surface area contributed by atoms with Crippen LogP contribution >= 0.6 is 0 Å². The quantitative estimate of drug-likeness (QED) is 0.879. The molecule has 2 N–H and O–H groups in total. The standard InChI is InChI=1S/C20H27N3O2/c1-20(2,3)23-9-6-15(13-23)19(25)22-18(16-11-17(24)12-16)10-14-4-7-21-8-5-14/h4-9,13,16-18,24H,10-12H2,1-3H3,(H,22,25)/t16?,17?,18-/m0/s1. The summed E-state index contributed by atoms with van der Waals surface area (Å²) in [6.07, 6.45) is 9.40. The Labute approximate surface area is 149 Å². The molecule has 5 heteroatoms. The third-order valence-electron chi connectivity index (χ3n) is 4.97. The molecule has 2 aromatic heterocycles. The van der Waals surface area contributed by atoms with E-state index in [1.165, 1.54) is 0 Å². The van der Waals surface area contributed by atoms with Gasteiger partial charge in [0.05, 0.1) is 11.7 Å². The Bertz CT molecular complexity index is 712. The lowest BCUT2D eigenvalue weighted by atomic mass is 9.75. The molecular formula is C20H27N3O2. The molecule has 0 spiro atoms. The zero-order valence-corrected chi connectivity index (χ0v) is 15.1. The van der Waals surface area contributed by atoms with Crippen molar-refractivity contribution in [1.82, 2.24) is 14.9 Å². The van der Waals surface area contributed by atoms with E-state index < -0.39 is 0 Å². The van der Waals surface area contributed by atoms with Crippen LogP contribution in [0.5, 0.6) is 0 Å². The summed E-state index contributed by atoms with van der Waals surface area (Å²) in [5.74, 6) is 0.264. The molecule has 25 heavy (non-hydrogen) atoms. The molecule has 0 saturated heterocycles. The maximum Gasteiger partial charge on any atom is 0.253 e.